The van der Waals surface area contributed by atoms with E-state index in [1.165, 1.54) is 17.7 Å². The molecule has 2 heterocycles. The summed E-state index contributed by atoms with van der Waals surface area (Å²) in [4.78, 5) is 38.1. The van der Waals surface area contributed by atoms with E-state index in [-0.39, 0.29) is 6.61 Å². The summed E-state index contributed by atoms with van der Waals surface area (Å²) < 4.78 is 7.68. The summed E-state index contributed by atoms with van der Waals surface area (Å²) in [6.07, 6.45) is 1.48. The van der Waals surface area contributed by atoms with E-state index in [0.29, 0.717) is 22.7 Å². The van der Waals surface area contributed by atoms with Crippen LogP contribution in [0.5, 0.6) is 0 Å². The molecule has 1 N–H and O–H groups in total. The quantitative estimate of drug-likeness (QED) is 0.656. The number of carbonyl (C=O) groups is 1. The van der Waals surface area contributed by atoms with Crippen LogP contribution in [0.1, 0.15) is 24.0 Å². The molecule has 1 aliphatic heterocycles. The molecule has 2 aromatic rings. The smallest absolute Gasteiger partial charge is 0.337 e. The van der Waals surface area contributed by atoms with Crippen LogP contribution in [-0.2, 0) is 23.6 Å². The Balaban J connectivity index is 2.33. The molecule has 0 spiro atoms. The van der Waals surface area contributed by atoms with E-state index in [1.807, 2.05) is 30.3 Å². The molecule has 0 bridgehead atoms. The zero-order valence-corrected chi connectivity index (χ0v) is 15.5. The number of hydrogen-bond acceptors (Lipinski definition) is 5. The molecule has 140 valence electrons. The van der Waals surface area contributed by atoms with Gasteiger partial charge >= 0.3 is 11.7 Å². The number of fused-ring (bicyclic) bond motifs is 1. The fourth-order valence-corrected chi connectivity index (χ4v) is 3.35. The van der Waals surface area contributed by atoms with Crippen LogP contribution >= 0.6 is 0 Å². The molecule has 0 aliphatic carbocycles. The highest BCUT2D eigenvalue weighted by Crippen LogP contribution is 2.39. The van der Waals surface area contributed by atoms with E-state index in [2.05, 4.69) is 11.9 Å². The Labute approximate surface area is 156 Å². The largest absolute Gasteiger partial charge is 0.458 e. The molecular formula is C20H21N3O4. The molecule has 1 aromatic carbocycles. The molecule has 7 heteroatoms. The number of rotatable bonds is 4. The highest BCUT2D eigenvalue weighted by atomic mass is 16.5. The van der Waals surface area contributed by atoms with Crippen molar-refractivity contribution in [3.8, 4) is 0 Å². The van der Waals surface area contributed by atoms with Crippen LogP contribution in [0.25, 0.3) is 0 Å². The Kier molecular flexibility index (Phi) is 4.85. The zero-order chi connectivity index (χ0) is 19.7. The van der Waals surface area contributed by atoms with Crippen LogP contribution in [0.3, 0.4) is 0 Å². The molecule has 1 aromatic heterocycles. The van der Waals surface area contributed by atoms with Crippen LogP contribution in [0.4, 0.5) is 5.82 Å². The van der Waals surface area contributed by atoms with Gasteiger partial charge in [-0.15, -0.1) is 0 Å². The molecular weight excluding hydrogens is 346 g/mol. The number of carbonyl (C=O) groups excluding carboxylic acids is 1. The molecule has 1 aliphatic rings. The number of nitrogens with zero attached hydrogens (tertiary/aromatic N) is 2. The van der Waals surface area contributed by atoms with Crippen molar-refractivity contribution in [2.45, 2.75) is 12.8 Å². The fraction of sp³-hybridized carbons (Fsp3) is 0.250. The fourth-order valence-electron chi connectivity index (χ4n) is 3.35. The van der Waals surface area contributed by atoms with E-state index in [9.17, 15) is 14.4 Å². The molecule has 0 saturated carbocycles. The molecule has 0 radical (unpaired) electrons. The number of benzene rings is 1. The van der Waals surface area contributed by atoms with E-state index >= 15 is 0 Å². The van der Waals surface area contributed by atoms with Crippen molar-refractivity contribution >= 4 is 11.8 Å². The monoisotopic (exact) mass is 367 g/mol. The van der Waals surface area contributed by atoms with Gasteiger partial charge in [0.15, 0.2) is 0 Å². The minimum atomic E-state index is -0.648. The van der Waals surface area contributed by atoms with Gasteiger partial charge in [0, 0.05) is 19.8 Å². The second-order valence-corrected chi connectivity index (χ2v) is 6.36. The van der Waals surface area contributed by atoms with Gasteiger partial charge in [0.1, 0.15) is 12.4 Å². The first kappa shape index (κ1) is 18.4. The molecule has 1 unspecified atom stereocenters. The molecule has 0 saturated heterocycles. The normalized spacial score (nSPS) is 15.7. The Morgan fingerprint density at radius 3 is 2.52 bits per heavy atom. The summed E-state index contributed by atoms with van der Waals surface area (Å²) in [6.45, 7) is 5.35. The lowest BCUT2D eigenvalue weighted by Crippen LogP contribution is -2.43. The van der Waals surface area contributed by atoms with E-state index in [0.717, 1.165) is 10.1 Å². The summed E-state index contributed by atoms with van der Waals surface area (Å²) in [6, 6.07) is 9.23. The summed E-state index contributed by atoms with van der Waals surface area (Å²) in [5.74, 6) is -0.796. The molecule has 1 atom stereocenters. The average Bonchev–Trinajstić information content (AvgIpc) is 2.68. The Bertz CT molecular complexity index is 1060. The van der Waals surface area contributed by atoms with Gasteiger partial charge in [-0.25, -0.2) is 9.59 Å². The van der Waals surface area contributed by atoms with Crippen molar-refractivity contribution in [2.75, 3.05) is 11.9 Å². The molecule has 0 fully saturated rings. The van der Waals surface area contributed by atoms with Crippen molar-refractivity contribution in [1.82, 2.24) is 9.13 Å². The van der Waals surface area contributed by atoms with Crippen LogP contribution < -0.4 is 16.6 Å². The summed E-state index contributed by atoms with van der Waals surface area (Å²) >= 11 is 0. The molecule has 27 heavy (non-hydrogen) atoms. The Morgan fingerprint density at radius 2 is 1.89 bits per heavy atom. The number of nitrogens with one attached hydrogen (secondary N) is 1. The lowest BCUT2D eigenvalue weighted by molar-refractivity contribution is -0.138. The second kappa shape index (κ2) is 7.11. The number of anilines is 1. The summed E-state index contributed by atoms with van der Waals surface area (Å²) in [7, 11) is 3.01. The maximum absolute atomic E-state index is 13.0. The van der Waals surface area contributed by atoms with Crippen LogP contribution in [0, 0.1) is 0 Å². The van der Waals surface area contributed by atoms with Crippen LogP contribution in [0.2, 0.25) is 0 Å². The summed E-state index contributed by atoms with van der Waals surface area (Å²) in [5, 5.41) is 3.05. The number of hydrogen-bond donors (Lipinski definition) is 1. The third-order valence-electron chi connectivity index (χ3n) is 4.67. The summed E-state index contributed by atoms with van der Waals surface area (Å²) in [5.41, 5.74) is 1.09. The van der Waals surface area contributed by atoms with Crippen molar-refractivity contribution in [3.05, 3.63) is 86.2 Å². The SMILES string of the molecule is C=CCOC(=O)C1=C(C)Nc2c(c(=O)n(C)c(=O)n2C)C1c1ccccc1. The van der Waals surface area contributed by atoms with Gasteiger partial charge in [-0.3, -0.25) is 13.9 Å². The number of ether oxygens (including phenoxy) is 1. The lowest BCUT2D eigenvalue weighted by Gasteiger charge is -2.30. The van der Waals surface area contributed by atoms with E-state index < -0.39 is 23.1 Å². The highest BCUT2D eigenvalue weighted by Gasteiger charge is 2.37. The lowest BCUT2D eigenvalue weighted by atomic mass is 9.82. The van der Waals surface area contributed by atoms with Crippen molar-refractivity contribution in [1.29, 1.82) is 0 Å². The Morgan fingerprint density at radius 1 is 1.22 bits per heavy atom. The first-order valence-electron chi connectivity index (χ1n) is 8.49. The van der Waals surface area contributed by atoms with Crippen LogP contribution in [0.15, 0.2) is 63.8 Å². The third kappa shape index (κ3) is 3.01. The predicted octanol–water partition coefficient (Wildman–Crippen LogP) is 1.64. The first-order valence-corrected chi connectivity index (χ1v) is 8.49. The van der Waals surface area contributed by atoms with Gasteiger partial charge < -0.3 is 10.1 Å². The predicted molar refractivity (Wildman–Crippen MR) is 103 cm³/mol. The average molecular weight is 367 g/mol. The van der Waals surface area contributed by atoms with Crippen molar-refractivity contribution in [2.24, 2.45) is 14.1 Å². The van der Waals surface area contributed by atoms with Gasteiger partial charge in [-0.05, 0) is 12.5 Å². The topological polar surface area (TPSA) is 82.3 Å². The highest BCUT2D eigenvalue weighted by molar-refractivity contribution is 5.94. The molecule has 7 nitrogen and oxygen atoms in total. The first-order chi connectivity index (χ1) is 12.9. The second-order valence-electron chi connectivity index (χ2n) is 6.36. The van der Waals surface area contributed by atoms with Crippen molar-refractivity contribution < 1.29 is 9.53 Å². The van der Waals surface area contributed by atoms with Crippen LogP contribution in [-0.4, -0.2) is 21.7 Å². The van der Waals surface area contributed by atoms with Gasteiger partial charge in [-0.1, -0.05) is 43.0 Å². The van der Waals surface area contributed by atoms with Gasteiger partial charge in [0.2, 0.25) is 0 Å². The number of aromatic nitrogens is 2. The van der Waals surface area contributed by atoms with Gasteiger partial charge in [0.25, 0.3) is 5.56 Å². The van der Waals surface area contributed by atoms with Gasteiger partial charge in [-0.2, -0.15) is 0 Å². The molecule has 0 amide bonds. The van der Waals surface area contributed by atoms with Gasteiger partial charge in [0.05, 0.1) is 17.1 Å². The van der Waals surface area contributed by atoms with Crippen molar-refractivity contribution in [3.63, 3.8) is 0 Å². The minimum absolute atomic E-state index is 0.0647. The minimum Gasteiger partial charge on any atom is -0.458 e. The van der Waals surface area contributed by atoms with E-state index in [4.69, 9.17) is 4.74 Å². The number of esters is 1. The standard InChI is InChI=1S/C20H21N3O4/c1-5-11-27-19(25)14-12(2)21-17-16(15(14)13-9-7-6-8-10-13)18(24)23(4)20(26)22(17)3/h5-10,15,21H,1,11H2,2-4H3. The maximum Gasteiger partial charge on any atom is 0.337 e. The number of allylic oxidation sites excluding steroid dienone is 1. The van der Waals surface area contributed by atoms with E-state index in [1.54, 1.807) is 14.0 Å². The molecule has 3 rings (SSSR count). The zero-order valence-electron chi connectivity index (χ0n) is 15.5. The maximum atomic E-state index is 13.0. The Hall–Kier alpha value is -3.35. The third-order valence-corrected chi connectivity index (χ3v) is 4.67.